The summed E-state index contributed by atoms with van der Waals surface area (Å²) >= 11 is 0. The number of amides is 2. The quantitative estimate of drug-likeness (QED) is 0.338. The Morgan fingerprint density at radius 1 is 1.00 bits per heavy atom. The molecule has 1 N–H and O–H groups in total. The van der Waals surface area contributed by atoms with Gasteiger partial charge in [0.1, 0.15) is 12.6 Å². The molecule has 190 valence electrons. The van der Waals surface area contributed by atoms with Gasteiger partial charge in [0, 0.05) is 24.9 Å². The zero-order valence-electron chi connectivity index (χ0n) is 20.7. The molecule has 3 aromatic rings. The molecule has 1 unspecified atom stereocenters. The summed E-state index contributed by atoms with van der Waals surface area (Å²) in [7, 11) is 1.67. The van der Waals surface area contributed by atoms with Gasteiger partial charge in [-0.3, -0.25) is 28.8 Å². The third-order valence-corrected chi connectivity index (χ3v) is 7.32. The topological polar surface area (TPSA) is 99.4 Å². The Kier molecular flexibility index (Phi) is 6.95. The maximum Gasteiger partial charge on any atom is 0.329 e. The van der Waals surface area contributed by atoms with Crippen LogP contribution in [0, 0.1) is 23.7 Å². The number of hydrogen-bond donors (Lipinski definition) is 1. The van der Waals surface area contributed by atoms with Crippen LogP contribution < -0.4 is 11.0 Å². The van der Waals surface area contributed by atoms with Crippen LogP contribution in [0.4, 0.5) is 0 Å². The highest BCUT2D eigenvalue weighted by molar-refractivity contribution is 6.00. The number of hydrogen-bond acceptors (Lipinski definition) is 5. The van der Waals surface area contributed by atoms with E-state index in [1.54, 1.807) is 7.05 Å². The van der Waals surface area contributed by atoms with Gasteiger partial charge in [-0.1, -0.05) is 42.2 Å². The number of fused-ring (bicyclic) bond motifs is 1. The van der Waals surface area contributed by atoms with E-state index in [2.05, 4.69) is 17.2 Å². The van der Waals surface area contributed by atoms with Crippen molar-refractivity contribution in [2.75, 3.05) is 0 Å². The van der Waals surface area contributed by atoms with Crippen LogP contribution in [0.25, 0.3) is 11.0 Å². The molecule has 2 fully saturated rings. The Morgan fingerprint density at radius 2 is 1.76 bits per heavy atom. The van der Waals surface area contributed by atoms with Crippen LogP contribution in [0.2, 0.25) is 0 Å². The summed E-state index contributed by atoms with van der Waals surface area (Å²) in [4.78, 5) is 49.3. The summed E-state index contributed by atoms with van der Waals surface area (Å²) in [6.45, 7) is 0.301. The van der Waals surface area contributed by atoms with Crippen molar-refractivity contribution in [3.8, 4) is 11.8 Å². The van der Waals surface area contributed by atoms with E-state index in [1.165, 1.54) is 9.13 Å². The molecule has 37 heavy (non-hydrogen) atoms. The maximum atomic E-state index is 12.9. The van der Waals surface area contributed by atoms with Crippen molar-refractivity contribution >= 4 is 28.8 Å². The summed E-state index contributed by atoms with van der Waals surface area (Å²) in [6.07, 6.45) is 3.70. The lowest BCUT2D eigenvalue weighted by molar-refractivity contribution is -0.151. The van der Waals surface area contributed by atoms with Gasteiger partial charge in [0.15, 0.2) is 0 Å². The van der Waals surface area contributed by atoms with E-state index in [0.717, 1.165) is 36.8 Å². The Morgan fingerprint density at radius 3 is 2.49 bits per heavy atom. The lowest BCUT2D eigenvalue weighted by Gasteiger charge is -2.24. The number of esters is 1. The molecule has 1 saturated carbocycles. The lowest BCUT2D eigenvalue weighted by Crippen LogP contribution is -2.44. The van der Waals surface area contributed by atoms with Crippen molar-refractivity contribution in [2.45, 2.75) is 51.2 Å². The zero-order chi connectivity index (χ0) is 25.9. The van der Waals surface area contributed by atoms with E-state index >= 15 is 0 Å². The van der Waals surface area contributed by atoms with Crippen LogP contribution in [0.1, 0.15) is 55.7 Å². The van der Waals surface area contributed by atoms with Crippen LogP contribution in [-0.4, -0.2) is 26.9 Å². The second-order valence-electron chi connectivity index (χ2n) is 9.79. The monoisotopic (exact) mass is 499 g/mol. The number of benzene rings is 2. The zero-order valence-corrected chi connectivity index (χ0v) is 20.7. The first-order chi connectivity index (χ1) is 17.9. The molecule has 0 spiro atoms. The molecular weight excluding hydrogens is 470 g/mol. The minimum absolute atomic E-state index is 0.0836. The van der Waals surface area contributed by atoms with Crippen molar-refractivity contribution < 1.29 is 19.1 Å². The van der Waals surface area contributed by atoms with Crippen LogP contribution in [0.5, 0.6) is 0 Å². The van der Waals surface area contributed by atoms with Gasteiger partial charge in [-0.25, -0.2) is 4.79 Å². The van der Waals surface area contributed by atoms with Gasteiger partial charge in [-0.2, -0.15) is 0 Å². The number of imide groups is 1. The normalized spacial score (nSPS) is 21.7. The van der Waals surface area contributed by atoms with E-state index in [9.17, 15) is 19.2 Å². The molecule has 8 heteroatoms. The predicted molar refractivity (Wildman–Crippen MR) is 137 cm³/mol. The number of imidazole rings is 1. The Hall–Kier alpha value is -4.12. The average molecular weight is 500 g/mol. The summed E-state index contributed by atoms with van der Waals surface area (Å²) in [5, 5.41) is 2.32. The van der Waals surface area contributed by atoms with Crippen LogP contribution >= 0.6 is 0 Å². The fourth-order valence-electron chi connectivity index (χ4n) is 5.18. The number of nitrogens with zero attached hydrogens (tertiary/aromatic N) is 2. The molecule has 2 heterocycles. The minimum atomic E-state index is -0.708. The third-order valence-electron chi connectivity index (χ3n) is 7.32. The number of ether oxygens (including phenoxy) is 1. The minimum Gasteiger partial charge on any atom is -0.461 e. The standard InChI is InChI=1S/C29H29N3O5/c1-31-25-17-20(11-14-23(25)32(29(31)36)24-15-16-26(33)30-27(24)34)8-7-19-9-12-22(13-10-19)28(35)37-18-21-5-3-2-4-6-21/h2-6,11,14,17,19,22,24H,9-10,12-13,15-16,18H2,1H3,(H,30,33,34)/t19-,22+,24?. The number of aryl methyl sites for hydroxylation is 1. The highest BCUT2D eigenvalue weighted by Crippen LogP contribution is 2.30. The van der Waals surface area contributed by atoms with Gasteiger partial charge in [-0.05, 0) is 55.9 Å². The van der Waals surface area contributed by atoms with Gasteiger partial charge in [0.25, 0.3) is 0 Å². The fraction of sp³-hybridized carbons (Fsp3) is 0.379. The summed E-state index contributed by atoms with van der Waals surface area (Å²) < 4.78 is 8.48. The molecule has 1 aliphatic carbocycles. The molecule has 1 aromatic heterocycles. The Bertz CT molecular complexity index is 1470. The van der Waals surface area contributed by atoms with Gasteiger partial charge < -0.3 is 4.74 Å². The van der Waals surface area contributed by atoms with E-state index in [-0.39, 0.29) is 35.8 Å². The smallest absolute Gasteiger partial charge is 0.329 e. The fourth-order valence-corrected chi connectivity index (χ4v) is 5.18. The third kappa shape index (κ3) is 5.21. The summed E-state index contributed by atoms with van der Waals surface area (Å²) in [6, 6.07) is 14.5. The number of nitrogens with one attached hydrogen (secondary N) is 1. The van der Waals surface area contributed by atoms with E-state index in [4.69, 9.17) is 4.74 Å². The molecule has 2 aromatic carbocycles. The summed E-state index contributed by atoms with van der Waals surface area (Å²) in [5.41, 5.74) is 2.80. The van der Waals surface area contributed by atoms with Crippen molar-refractivity contribution in [1.82, 2.24) is 14.5 Å². The number of carbonyl (C=O) groups excluding carboxylic acids is 3. The lowest BCUT2D eigenvalue weighted by atomic mass is 9.82. The number of rotatable bonds is 4. The second-order valence-corrected chi connectivity index (χ2v) is 9.79. The molecule has 0 radical (unpaired) electrons. The first kappa shape index (κ1) is 24.6. The number of carbonyl (C=O) groups is 3. The summed E-state index contributed by atoms with van der Waals surface area (Å²) in [5.74, 6) is 5.79. The van der Waals surface area contributed by atoms with Crippen molar-refractivity contribution in [2.24, 2.45) is 18.9 Å². The van der Waals surface area contributed by atoms with E-state index in [0.29, 0.717) is 24.1 Å². The Labute approximate surface area is 214 Å². The second kappa shape index (κ2) is 10.5. The van der Waals surface area contributed by atoms with Gasteiger partial charge in [-0.15, -0.1) is 0 Å². The molecule has 1 atom stereocenters. The first-order valence-electron chi connectivity index (χ1n) is 12.7. The van der Waals surface area contributed by atoms with Gasteiger partial charge >= 0.3 is 11.7 Å². The molecule has 2 aliphatic rings. The van der Waals surface area contributed by atoms with Gasteiger partial charge in [0.05, 0.1) is 17.0 Å². The van der Waals surface area contributed by atoms with Crippen LogP contribution in [0.3, 0.4) is 0 Å². The SMILES string of the molecule is Cn1c(=O)n(C2CCC(=O)NC2=O)c2ccc(C#C[C@H]3CC[C@@H](C(=O)OCc4ccccc4)CC3)cc21. The van der Waals surface area contributed by atoms with E-state index in [1.807, 2.05) is 48.5 Å². The van der Waals surface area contributed by atoms with Crippen molar-refractivity contribution in [3.63, 3.8) is 0 Å². The molecule has 5 rings (SSSR count). The molecule has 1 saturated heterocycles. The van der Waals surface area contributed by atoms with Crippen LogP contribution in [0.15, 0.2) is 53.3 Å². The molecule has 1 aliphatic heterocycles. The van der Waals surface area contributed by atoms with E-state index < -0.39 is 11.9 Å². The van der Waals surface area contributed by atoms with Crippen molar-refractivity contribution in [1.29, 1.82) is 0 Å². The van der Waals surface area contributed by atoms with Crippen molar-refractivity contribution in [3.05, 3.63) is 70.1 Å². The first-order valence-corrected chi connectivity index (χ1v) is 12.7. The van der Waals surface area contributed by atoms with Gasteiger partial charge in [0.2, 0.25) is 11.8 Å². The molecular formula is C29H29N3O5. The highest BCUT2D eigenvalue weighted by Gasteiger charge is 2.31. The predicted octanol–water partition coefficient (Wildman–Crippen LogP) is 3.22. The number of piperidine rings is 1. The largest absolute Gasteiger partial charge is 0.461 e. The molecule has 0 bridgehead atoms. The van der Waals surface area contributed by atoms with Crippen LogP contribution in [-0.2, 0) is 32.8 Å². The average Bonchev–Trinajstić information content (AvgIpc) is 3.16. The highest BCUT2D eigenvalue weighted by atomic mass is 16.5. The number of aromatic nitrogens is 2. The molecule has 8 nitrogen and oxygen atoms in total. The Balaban J connectivity index is 1.23. The molecule has 2 amide bonds. The maximum absolute atomic E-state index is 12.9.